The van der Waals surface area contributed by atoms with E-state index < -0.39 is 0 Å². The van der Waals surface area contributed by atoms with Crippen LogP contribution in [0, 0.1) is 20.8 Å². The number of aromatic nitrogens is 1. The van der Waals surface area contributed by atoms with Crippen LogP contribution in [0.3, 0.4) is 0 Å². The van der Waals surface area contributed by atoms with Crippen molar-refractivity contribution in [3.63, 3.8) is 0 Å². The molecule has 0 saturated heterocycles. The zero-order chi connectivity index (χ0) is 19.8. The maximum absolute atomic E-state index is 5.94. The Bertz CT molecular complexity index is 796. The Morgan fingerprint density at radius 1 is 1.21 bits per heavy atom. The normalized spacial score (nSPS) is 12.0. The standard InChI is InChI=1S/C21H30N4O2.HI/c1-14-8-7-9-18(10-14)27-16(3)12-24-21(22-5)25-13-19-17(4)20(26-6)15(2)11-23-19;/h7-11,16H,12-13H2,1-6H3,(H2,22,24,25);1H. The minimum atomic E-state index is 0. The van der Waals surface area contributed by atoms with Crippen molar-refractivity contribution >= 4 is 29.9 Å². The number of aryl methyl sites for hydroxylation is 2. The summed E-state index contributed by atoms with van der Waals surface area (Å²) >= 11 is 0. The van der Waals surface area contributed by atoms with Crippen LogP contribution >= 0.6 is 24.0 Å². The van der Waals surface area contributed by atoms with E-state index in [1.54, 1.807) is 14.2 Å². The predicted octanol–water partition coefficient (Wildman–Crippen LogP) is 3.77. The minimum absolute atomic E-state index is 0. The number of hydrogen-bond acceptors (Lipinski definition) is 4. The molecular weight excluding hydrogens is 467 g/mol. The van der Waals surface area contributed by atoms with Gasteiger partial charge in [-0.15, -0.1) is 24.0 Å². The fraction of sp³-hybridized carbons (Fsp3) is 0.429. The number of benzene rings is 1. The molecule has 1 unspecified atom stereocenters. The van der Waals surface area contributed by atoms with Crippen LogP contribution in [0.25, 0.3) is 0 Å². The molecule has 1 atom stereocenters. The molecule has 1 aromatic heterocycles. The summed E-state index contributed by atoms with van der Waals surface area (Å²) in [5, 5.41) is 6.58. The maximum atomic E-state index is 5.94. The van der Waals surface area contributed by atoms with Crippen molar-refractivity contribution in [2.75, 3.05) is 20.7 Å². The van der Waals surface area contributed by atoms with Crippen LogP contribution in [0.1, 0.15) is 29.3 Å². The van der Waals surface area contributed by atoms with Gasteiger partial charge in [0.1, 0.15) is 17.6 Å². The van der Waals surface area contributed by atoms with Crippen molar-refractivity contribution in [2.45, 2.75) is 40.3 Å². The molecule has 0 saturated carbocycles. The Labute approximate surface area is 185 Å². The van der Waals surface area contributed by atoms with E-state index in [9.17, 15) is 0 Å². The SMILES string of the molecule is CN=C(NCc1ncc(C)c(OC)c1C)NCC(C)Oc1cccc(C)c1.I. The van der Waals surface area contributed by atoms with Gasteiger partial charge in [-0.25, -0.2) is 0 Å². The molecule has 7 heteroatoms. The van der Waals surface area contributed by atoms with Crippen LogP contribution in [-0.4, -0.2) is 37.7 Å². The van der Waals surface area contributed by atoms with E-state index in [0.717, 1.165) is 28.3 Å². The van der Waals surface area contributed by atoms with Gasteiger partial charge in [-0.05, 0) is 45.4 Å². The topological polar surface area (TPSA) is 67.8 Å². The molecule has 2 N–H and O–H groups in total. The van der Waals surface area contributed by atoms with Crippen LogP contribution in [-0.2, 0) is 6.54 Å². The van der Waals surface area contributed by atoms with Gasteiger partial charge in [0.2, 0.25) is 0 Å². The smallest absolute Gasteiger partial charge is 0.191 e. The van der Waals surface area contributed by atoms with Gasteiger partial charge in [-0.3, -0.25) is 9.98 Å². The summed E-state index contributed by atoms with van der Waals surface area (Å²) in [5.41, 5.74) is 4.19. The highest BCUT2D eigenvalue weighted by Crippen LogP contribution is 2.23. The number of hydrogen-bond donors (Lipinski definition) is 2. The number of nitrogens with one attached hydrogen (secondary N) is 2. The Kier molecular flexibility index (Phi) is 10.1. The zero-order valence-electron chi connectivity index (χ0n) is 17.5. The van der Waals surface area contributed by atoms with Crippen molar-refractivity contribution in [2.24, 2.45) is 4.99 Å². The second-order valence-corrected chi connectivity index (χ2v) is 6.60. The highest BCUT2D eigenvalue weighted by molar-refractivity contribution is 14.0. The fourth-order valence-electron chi connectivity index (χ4n) is 2.84. The van der Waals surface area contributed by atoms with Crippen molar-refractivity contribution < 1.29 is 9.47 Å². The van der Waals surface area contributed by atoms with E-state index >= 15 is 0 Å². The molecule has 0 bridgehead atoms. The van der Waals surface area contributed by atoms with Gasteiger partial charge in [0, 0.05) is 24.4 Å². The first-order valence-electron chi connectivity index (χ1n) is 9.11. The zero-order valence-corrected chi connectivity index (χ0v) is 19.8. The largest absolute Gasteiger partial charge is 0.496 e. The molecule has 154 valence electrons. The molecule has 0 spiro atoms. The second kappa shape index (κ2) is 11.7. The summed E-state index contributed by atoms with van der Waals surface area (Å²) in [6.45, 7) is 9.29. The summed E-state index contributed by atoms with van der Waals surface area (Å²) in [4.78, 5) is 8.77. The molecule has 28 heavy (non-hydrogen) atoms. The summed E-state index contributed by atoms with van der Waals surface area (Å²) in [6.07, 6.45) is 1.83. The number of pyridine rings is 1. The lowest BCUT2D eigenvalue weighted by Crippen LogP contribution is -2.41. The van der Waals surface area contributed by atoms with Crippen molar-refractivity contribution in [3.8, 4) is 11.5 Å². The second-order valence-electron chi connectivity index (χ2n) is 6.60. The number of rotatable bonds is 7. The number of guanidine groups is 1. The third kappa shape index (κ3) is 6.85. The molecule has 2 aromatic rings. The van der Waals surface area contributed by atoms with Crippen LogP contribution in [0.5, 0.6) is 11.5 Å². The number of halogens is 1. The number of nitrogens with zero attached hydrogens (tertiary/aromatic N) is 2. The predicted molar refractivity (Wildman–Crippen MR) is 125 cm³/mol. The van der Waals surface area contributed by atoms with E-state index in [0.29, 0.717) is 19.0 Å². The van der Waals surface area contributed by atoms with Gasteiger partial charge in [-0.1, -0.05) is 12.1 Å². The van der Waals surface area contributed by atoms with E-state index in [-0.39, 0.29) is 30.1 Å². The molecule has 1 aromatic carbocycles. The van der Waals surface area contributed by atoms with Crippen molar-refractivity contribution in [3.05, 3.63) is 52.8 Å². The fourth-order valence-corrected chi connectivity index (χ4v) is 2.84. The maximum Gasteiger partial charge on any atom is 0.191 e. The summed E-state index contributed by atoms with van der Waals surface area (Å²) in [6, 6.07) is 8.05. The highest BCUT2D eigenvalue weighted by atomic mass is 127. The molecular formula is C21H31IN4O2. The average molecular weight is 498 g/mol. The molecule has 1 heterocycles. The molecule has 2 rings (SSSR count). The minimum Gasteiger partial charge on any atom is -0.496 e. The number of aliphatic imine (C=N–C) groups is 1. The average Bonchev–Trinajstić information content (AvgIpc) is 2.63. The molecule has 0 fully saturated rings. The van der Waals surface area contributed by atoms with Crippen LogP contribution in [0.15, 0.2) is 35.5 Å². The van der Waals surface area contributed by atoms with Gasteiger partial charge in [0.05, 0.1) is 25.9 Å². The number of methoxy groups -OCH3 is 1. The Morgan fingerprint density at radius 2 is 1.96 bits per heavy atom. The lowest BCUT2D eigenvalue weighted by Gasteiger charge is -2.18. The van der Waals surface area contributed by atoms with Crippen LogP contribution in [0.4, 0.5) is 0 Å². The monoisotopic (exact) mass is 498 g/mol. The van der Waals surface area contributed by atoms with Gasteiger partial charge >= 0.3 is 0 Å². The summed E-state index contributed by atoms with van der Waals surface area (Å²) < 4.78 is 11.4. The Balaban J connectivity index is 0.00000392. The summed E-state index contributed by atoms with van der Waals surface area (Å²) in [5.74, 6) is 2.46. The van der Waals surface area contributed by atoms with Crippen LogP contribution < -0.4 is 20.1 Å². The Morgan fingerprint density at radius 3 is 2.61 bits per heavy atom. The van der Waals surface area contributed by atoms with Gasteiger partial charge in [0.15, 0.2) is 5.96 Å². The van der Waals surface area contributed by atoms with Gasteiger partial charge < -0.3 is 20.1 Å². The lowest BCUT2D eigenvalue weighted by molar-refractivity contribution is 0.223. The van der Waals surface area contributed by atoms with E-state index in [1.807, 2.05) is 45.2 Å². The molecule has 0 amide bonds. The first kappa shape index (κ1) is 24.0. The molecule has 0 radical (unpaired) electrons. The molecule has 0 aliphatic carbocycles. The van der Waals surface area contributed by atoms with Crippen molar-refractivity contribution in [1.82, 2.24) is 15.6 Å². The molecule has 0 aliphatic heterocycles. The van der Waals surface area contributed by atoms with E-state index in [2.05, 4.69) is 33.6 Å². The molecule has 0 aliphatic rings. The number of ether oxygens (including phenoxy) is 2. The van der Waals surface area contributed by atoms with Crippen LogP contribution in [0.2, 0.25) is 0 Å². The third-order valence-corrected chi connectivity index (χ3v) is 4.28. The molecule has 6 nitrogen and oxygen atoms in total. The van der Waals surface area contributed by atoms with Gasteiger partial charge in [-0.2, -0.15) is 0 Å². The quantitative estimate of drug-likeness (QED) is 0.346. The van der Waals surface area contributed by atoms with E-state index in [1.165, 1.54) is 5.56 Å². The Hall–Kier alpha value is -2.03. The summed E-state index contributed by atoms with van der Waals surface area (Å²) in [7, 11) is 3.43. The van der Waals surface area contributed by atoms with E-state index in [4.69, 9.17) is 9.47 Å². The van der Waals surface area contributed by atoms with Gasteiger partial charge in [0.25, 0.3) is 0 Å². The highest BCUT2D eigenvalue weighted by Gasteiger charge is 2.11. The first-order chi connectivity index (χ1) is 12.9. The van der Waals surface area contributed by atoms with Crippen molar-refractivity contribution in [1.29, 1.82) is 0 Å². The third-order valence-electron chi connectivity index (χ3n) is 4.28. The first-order valence-corrected chi connectivity index (χ1v) is 9.11. The lowest BCUT2D eigenvalue weighted by atomic mass is 10.1.